The van der Waals surface area contributed by atoms with Gasteiger partial charge in [-0.05, 0) is 48.2 Å². The van der Waals surface area contributed by atoms with E-state index in [1.807, 2.05) is 42.5 Å². The summed E-state index contributed by atoms with van der Waals surface area (Å²) in [5.74, 6) is 2.74. The molecule has 0 atom stereocenters. The average molecular weight is 371 g/mol. The normalized spacial score (nSPS) is 11.1. The van der Waals surface area contributed by atoms with Gasteiger partial charge in [-0.2, -0.15) is 0 Å². The summed E-state index contributed by atoms with van der Waals surface area (Å²) in [5, 5.41) is 3.14. The third-order valence-electron chi connectivity index (χ3n) is 3.97. The Labute approximate surface area is 161 Å². The number of nitrogens with zero attached hydrogens (tertiary/aromatic N) is 1. The third-order valence-corrected chi connectivity index (χ3v) is 3.97. The number of nitrogens with two attached hydrogens (primary N) is 1. The van der Waals surface area contributed by atoms with Crippen molar-refractivity contribution < 1.29 is 14.2 Å². The second kappa shape index (κ2) is 11.0. The topological polar surface area (TPSA) is 78.1 Å². The number of guanidine groups is 1. The zero-order valence-electron chi connectivity index (χ0n) is 16.3. The Hall–Kier alpha value is -2.89. The van der Waals surface area contributed by atoms with Crippen LogP contribution in [0.5, 0.6) is 17.2 Å². The van der Waals surface area contributed by atoms with Gasteiger partial charge in [-0.25, -0.2) is 4.99 Å². The van der Waals surface area contributed by atoms with Crippen LogP contribution < -0.4 is 25.3 Å². The van der Waals surface area contributed by atoms with Gasteiger partial charge in [0.25, 0.3) is 0 Å². The Morgan fingerprint density at radius 2 is 1.85 bits per heavy atom. The lowest BCUT2D eigenvalue weighted by molar-refractivity contribution is 0.317. The van der Waals surface area contributed by atoms with Crippen molar-refractivity contribution in [3.63, 3.8) is 0 Å². The van der Waals surface area contributed by atoms with Crippen LogP contribution in [0.1, 0.15) is 24.5 Å². The molecule has 0 saturated carbocycles. The van der Waals surface area contributed by atoms with Gasteiger partial charge in [-0.15, -0.1) is 0 Å². The van der Waals surface area contributed by atoms with Crippen LogP contribution in [0.3, 0.4) is 0 Å². The molecule has 0 aliphatic rings. The molecular weight excluding hydrogens is 342 g/mol. The predicted molar refractivity (Wildman–Crippen MR) is 109 cm³/mol. The molecule has 0 amide bonds. The molecule has 2 rings (SSSR count). The quantitative estimate of drug-likeness (QED) is 0.495. The smallest absolute Gasteiger partial charge is 0.188 e. The summed E-state index contributed by atoms with van der Waals surface area (Å²) in [6.45, 7) is 4.00. The molecule has 3 N–H and O–H groups in total. The Morgan fingerprint density at radius 3 is 2.59 bits per heavy atom. The molecule has 6 heteroatoms. The molecule has 0 radical (unpaired) electrons. The van der Waals surface area contributed by atoms with Crippen molar-refractivity contribution in [2.45, 2.75) is 26.3 Å². The minimum absolute atomic E-state index is 0.426. The first kappa shape index (κ1) is 20.4. The molecule has 0 fully saturated rings. The fraction of sp³-hybridized carbons (Fsp3) is 0.381. The van der Waals surface area contributed by atoms with Crippen LogP contribution in [0.4, 0.5) is 0 Å². The number of rotatable bonds is 10. The van der Waals surface area contributed by atoms with Crippen molar-refractivity contribution in [2.75, 3.05) is 27.4 Å². The van der Waals surface area contributed by atoms with Crippen LogP contribution in [-0.4, -0.2) is 33.3 Å². The van der Waals surface area contributed by atoms with Crippen molar-refractivity contribution in [3.8, 4) is 17.2 Å². The Morgan fingerprint density at radius 1 is 1.04 bits per heavy atom. The lowest BCUT2D eigenvalue weighted by Gasteiger charge is -2.10. The highest BCUT2D eigenvalue weighted by atomic mass is 16.5. The summed E-state index contributed by atoms with van der Waals surface area (Å²) < 4.78 is 16.2. The van der Waals surface area contributed by atoms with Crippen molar-refractivity contribution in [2.24, 2.45) is 10.7 Å². The van der Waals surface area contributed by atoms with Gasteiger partial charge in [0.1, 0.15) is 5.75 Å². The highest BCUT2D eigenvalue weighted by Gasteiger charge is 2.04. The van der Waals surface area contributed by atoms with E-state index in [9.17, 15) is 0 Å². The van der Waals surface area contributed by atoms with Gasteiger partial charge in [0.15, 0.2) is 17.5 Å². The van der Waals surface area contributed by atoms with Crippen molar-refractivity contribution in [3.05, 3.63) is 53.6 Å². The number of methoxy groups -OCH3 is 2. The van der Waals surface area contributed by atoms with Gasteiger partial charge >= 0.3 is 0 Å². The van der Waals surface area contributed by atoms with Gasteiger partial charge in [0.05, 0.1) is 27.4 Å². The molecule has 0 aliphatic heterocycles. The second-order valence-electron chi connectivity index (χ2n) is 6.06. The van der Waals surface area contributed by atoms with Crippen molar-refractivity contribution in [1.29, 1.82) is 0 Å². The molecule has 0 aromatic heterocycles. The number of nitrogens with one attached hydrogen (secondary N) is 1. The summed E-state index contributed by atoms with van der Waals surface area (Å²) in [6, 6.07) is 13.8. The molecule has 0 aliphatic carbocycles. The molecule has 6 nitrogen and oxygen atoms in total. The van der Waals surface area contributed by atoms with Gasteiger partial charge in [0, 0.05) is 6.54 Å². The first-order valence-corrected chi connectivity index (χ1v) is 9.12. The maximum Gasteiger partial charge on any atom is 0.188 e. The molecule has 0 saturated heterocycles. The predicted octanol–water partition coefficient (Wildman–Crippen LogP) is 3.14. The number of hydrogen-bond acceptors (Lipinski definition) is 4. The van der Waals surface area contributed by atoms with Crippen LogP contribution in [-0.2, 0) is 13.0 Å². The Kier molecular flexibility index (Phi) is 8.29. The minimum Gasteiger partial charge on any atom is -0.494 e. The van der Waals surface area contributed by atoms with E-state index in [1.165, 1.54) is 0 Å². The molecular formula is C21H29N3O3. The summed E-state index contributed by atoms with van der Waals surface area (Å²) in [5.41, 5.74) is 8.16. The number of ether oxygens (including phenoxy) is 3. The molecule has 27 heavy (non-hydrogen) atoms. The third kappa shape index (κ3) is 6.73. The largest absolute Gasteiger partial charge is 0.494 e. The first-order valence-electron chi connectivity index (χ1n) is 9.12. The molecule has 146 valence electrons. The van der Waals surface area contributed by atoms with Gasteiger partial charge in [-0.1, -0.05) is 25.1 Å². The monoisotopic (exact) mass is 371 g/mol. The maximum absolute atomic E-state index is 5.97. The average Bonchev–Trinajstić information content (AvgIpc) is 2.71. The number of aliphatic imine (C=N–C) groups is 1. The first-order chi connectivity index (χ1) is 13.2. The Bertz CT molecular complexity index is 747. The van der Waals surface area contributed by atoms with Crippen LogP contribution in [0, 0.1) is 0 Å². The number of hydrogen-bond donors (Lipinski definition) is 2. The lowest BCUT2D eigenvalue weighted by Crippen LogP contribution is -2.33. The fourth-order valence-corrected chi connectivity index (χ4v) is 2.56. The molecule has 0 spiro atoms. The van der Waals surface area contributed by atoms with E-state index in [-0.39, 0.29) is 0 Å². The van der Waals surface area contributed by atoms with E-state index >= 15 is 0 Å². The summed E-state index contributed by atoms with van der Waals surface area (Å²) >= 11 is 0. The van der Waals surface area contributed by atoms with Gasteiger partial charge in [0.2, 0.25) is 0 Å². The van der Waals surface area contributed by atoms with E-state index in [4.69, 9.17) is 19.9 Å². The number of benzene rings is 2. The van der Waals surface area contributed by atoms with Crippen molar-refractivity contribution in [1.82, 2.24) is 5.32 Å². The van der Waals surface area contributed by atoms with E-state index in [0.29, 0.717) is 25.7 Å². The SMILES string of the molecule is CCCOc1cccc(CN=C(N)NCCc2ccc(OC)c(OC)c2)c1. The van der Waals surface area contributed by atoms with E-state index in [1.54, 1.807) is 14.2 Å². The lowest BCUT2D eigenvalue weighted by atomic mass is 10.1. The standard InChI is InChI=1S/C21H29N3O3/c1-4-12-27-18-7-5-6-17(13-18)15-24-21(22)23-11-10-16-8-9-19(25-2)20(14-16)26-3/h5-9,13-14H,4,10-12,15H2,1-3H3,(H3,22,23,24). The second-order valence-corrected chi connectivity index (χ2v) is 6.06. The van der Waals surface area contributed by atoms with Gasteiger partial charge < -0.3 is 25.3 Å². The van der Waals surface area contributed by atoms with Crippen LogP contribution in [0.25, 0.3) is 0 Å². The van der Waals surface area contributed by atoms with E-state index in [0.717, 1.165) is 41.2 Å². The fourth-order valence-electron chi connectivity index (χ4n) is 2.56. The molecule has 0 heterocycles. The van der Waals surface area contributed by atoms with E-state index in [2.05, 4.69) is 17.2 Å². The van der Waals surface area contributed by atoms with Crippen LogP contribution >= 0.6 is 0 Å². The van der Waals surface area contributed by atoms with Crippen LogP contribution in [0.2, 0.25) is 0 Å². The maximum atomic E-state index is 5.97. The Balaban J connectivity index is 1.82. The van der Waals surface area contributed by atoms with Gasteiger partial charge in [-0.3, -0.25) is 0 Å². The minimum atomic E-state index is 0.426. The summed E-state index contributed by atoms with van der Waals surface area (Å²) in [6.07, 6.45) is 1.79. The molecule has 0 bridgehead atoms. The molecule has 2 aromatic rings. The molecule has 2 aromatic carbocycles. The van der Waals surface area contributed by atoms with E-state index < -0.39 is 0 Å². The van der Waals surface area contributed by atoms with Crippen LogP contribution in [0.15, 0.2) is 47.5 Å². The molecule has 0 unspecified atom stereocenters. The highest BCUT2D eigenvalue weighted by Crippen LogP contribution is 2.27. The van der Waals surface area contributed by atoms with Crippen molar-refractivity contribution >= 4 is 5.96 Å². The zero-order chi connectivity index (χ0) is 19.5. The zero-order valence-corrected chi connectivity index (χ0v) is 16.3. The summed E-state index contributed by atoms with van der Waals surface area (Å²) in [4.78, 5) is 4.39. The highest BCUT2D eigenvalue weighted by molar-refractivity contribution is 5.77. The summed E-state index contributed by atoms with van der Waals surface area (Å²) in [7, 11) is 3.26.